The average Bonchev–Trinajstić information content (AvgIpc) is 2.63. The van der Waals surface area contributed by atoms with Crippen molar-refractivity contribution >= 4 is 0 Å². The molecule has 1 aliphatic heterocycles. The second-order valence-corrected chi connectivity index (χ2v) is 4.96. The quantitative estimate of drug-likeness (QED) is 0.683. The Hall–Kier alpha value is -0.0800. The minimum atomic E-state index is 0.731. The zero-order valence-corrected chi connectivity index (χ0v) is 8.84. The zero-order chi connectivity index (χ0) is 9.26. The van der Waals surface area contributed by atoms with E-state index in [0.29, 0.717) is 0 Å². The summed E-state index contributed by atoms with van der Waals surface area (Å²) < 4.78 is 0. The van der Waals surface area contributed by atoms with Gasteiger partial charge in [0.05, 0.1) is 0 Å². The molecular weight excluding hydrogens is 160 g/mol. The second-order valence-electron chi connectivity index (χ2n) is 4.96. The third kappa shape index (κ3) is 2.44. The smallest absolute Gasteiger partial charge is 0.0218 e. The summed E-state index contributed by atoms with van der Waals surface area (Å²) in [5.41, 5.74) is 0. The van der Waals surface area contributed by atoms with Gasteiger partial charge in [-0.2, -0.15) is 0 Å². The lowest BCUT2D eigenvalue weighted by Gasteiger charge is -2.16. The molecule has 2 heteroatoms. The Balaban J connectivity index is 1.57. The van der Waals surface area contributed by atoms with Crippen LogP contribution in [0.3, 0.4) is 0 Å². The van der Waals surface area contributed by atoms with Crippen molar-refractivity contribution in [3.05, 3.63) is 0 Å². The molecule has 2 N–H and O–H groups in total. The van der Waals surface area contributed by atoms with Crippen LogP contribution in [0.1, 0.15) is 26.7 Å². The van der Waals surface area contributed by atoms with Gasteiger partial charge in [0.25, 0.3) is 0 Å². The Morgan fingerprint density at radius 3 is 2.54 bits per heavy atom. The highest BCUT2D eigenvalue weighted by atomic mass is 15.0. The Kier molecular flexibility index (Phi) is 2.89. The van der Waals surface area contributed by atoms with Gasteiger partial charge in [-0.25, -0.2) is 0 Å². The van der Waals surface area contributed by atoms with E-state index in [1.54, 1.807) is 0 Å². The standard InChI is InChI=1S/C11H22N2/c1-8-3-4-13-11(8)7-12-6-10-5-9(10)2/h8-13H,3-7H2,1-2H3. The fourth-order valence-corrected chi connectivity index (χ4v) is 2.28. The molecule has 0 aromatic carbocycles. The highest BCUT2D eigenvalue weighted by Gasteiger charge is 2.32. The lowest BCUT2D eigenvalue weighted by molar-refractivity contribution is 0.442. The van der Waals surface area contributed by atoms with E-state index in [1.165, 1.54) is 32.5 Å². The third-order valence-corrected chi connectivity index (χ3v) is 3.74. The topological polar surface area (TPSA) is 24.1 Å². The molecule has 1 saturated heterocycles. The number of rotatable bonds is 4. The molecule has 1 heterocycles. The maximum absolute atomic E-state index is 3.59. The first-order valence-electron chi connectivity index (χ1n) is 5.71. The van der Waals surface area contributed by atoms with Crippen molar-refractivity contribution in [2.24, 2.45) is 17.8 Å². The van der Waals surface area contributed by atoms with Crippen molar-refractivity contribution < 1.29 is 0 Å². The average molecular weight is 182 g/mol. The van der Waals surface area contributed by atoms with Crippen molar-refractivity contribution in [3.8, 4) is 0 Å². The highest BCUT2D eigenvalue weighted by Crippen LogP contribution is 2.36. The van der Waals surface area contributed by atoms with Crippen LogP contribution in [0.15, 0.2) is 0 Å². The van der Waals surface area contributed by atoms with Gasteiger partial charge >= 0.3 is 0 Å². The summed E-state index contributed by atoms with van der Waals surface area (Å²) >= 11 is 0. The first-order valence-corrected chi connectivity index (χ1v) is 5.71. The zero-order valence-electron chi connectivity index (χ0n) is 8.84. The molecule has 0 amide bonds. The molecule has 4 unspecified atom stereocenters. The molecule has 0 aromatic rings. The maximum Gasteiger partial charge on any atom is 0.0218 e. The summed E-state index contributed by atoms with van der Waals surface area (Å²) in [6.45, 7) is 8.33. The van der Waals surface area contributed by atoms with E-state index in [9.17, 15) is 0 Å². The second kappa shape index (κ2) is 3.97. The molecule has 2 nitrogen and oxygen atoms in total. The van der Waals surface area contributed by atoms with E-state index in [0.717, 1.165) is 23.8 Å². The molecule has 0 spiro atoms. The maximum atomic E-state index is 3.59. The summed E-state index contributed by atoms with van der Waals surface area (Å²) in [4.78, 5) is 0. The molecule has 1 aliphatic carbocycles. The largest absolute Gasteiger partial charge is 0.315 e. The van der Waals surface area contributed by atoms with Crippen LogP contribution in [-0.2, 0) is 0 Å². The molecule has 0 bridgehead atoms. The minimum absolute atomic E-state index is 0.731. The summed E-state index contributed by atoms with van der Waals surface area (Å²) in [6, 6.07) is 0.731. The first kappa shape index (κ1) is 9.47. The van der Waals surface area contributed by atoms with Crippen LogP contribution in [0.4, 0.5) is 0 Å². The normalized spacial score (nSPS) is 43.8. The van der Waals surface area contributed by atoms with Gasteiger partial charge in [0, 0.05) is 12.6 Å². The fraction of sp³-hybridized carbons (Fsp3) is 1.00. The van der Waals surface area contributed by atoms with Crippen LogP contribution < -0.4 is 10.6 Å². The van der Waals surface area contributed by atoms with E-state index in [-0.39, 0.29) is 0 Å². The predicted molar refractivity (Wildman–Crippen MR) is 55.7 cm³/mol. The number of nitrogens with one attached hydrogen (secondary N) is 2. The van der Waals surface area contributed by atoms with Crippen LogP contribution in [0, 0.1) is 17.8 Å². The Labute approximate surface area is 81.5 Å². The fourth-order valence-electron chi connectivity index (χ4n) is 2.28. The molecule has 1 saturated carbocycles. The lowest BCUT2D eigenvalue weighted by atomic mass is 10.0. The van der Waals surface area contributed by atoms with Crippen molar-refractivity contribution in [1.29, 1.82) is 0 Å². The SMILES string of the molecule is CC1CC1CNCC1NCCC1C. The molecule has 0 aromatic heterocycles. The van der Waals surface area contributed by atoms with Gasteiger partial charge < -0.3 is 10.6 Å². The lowest BCUT2D eigenvalue weighted by Crippen LogP contribution is -2.37. The van der Waals surface area contributed by atoms with Gasteiger partial charge in [-0.05, 0) is 43.7 Å². The van der Waals surface area contributed by atoms with Gasteiger partial charge in [0.2, 0.25) is 0 Å². The highest BCUT2D eigenvalue weighted by molar-refractivity contribution is 4.86. The van der Waals surface area contributed by atoms with Crippen LogP contribution >= 0.6 is 0 Å². The molecule has 2 rings (SSSR count). The Morgan fingerprint density at radius 2 is 2.00 bits per heavy atom. The summed E-state index contributed by atoms with van der Waals surface area (Å²) in [5, 5.41) is 7.14. The molecule has 2 fully saturated rings. The number of hydrogen-bond donors (Lipinski definition) is 2. The van der Waals surface area contributed by atoms with E-state index >= 15 is 0 Å². The molecule has 0 radical (unpaired) electrons. The molecule has 76 valence electrons. The van der Waals surface area contributed by atoms with Crippen molar-refractivity contribution in [2.45, 2.75) is 32.7 Å². The third-order valence-electron chi connectivity index (χ3n) is 3.74. The van der Waals surface area contributed by atoms with E-state index in [1.807, 2.05) is 0 Å². The molecule has 13 heavy (non-hydrogen) atoms. The summed E-state index contributed by atoms with van der Waals surface area (Å²) in [7, 11) is 0. The van der Waals surface area contributed by atoms with Crippen molar-refractivity contribution in [2.75, 3.05) is 19.6 Å². The van der Waals surface area contributed by atoms with E-state index in [2.05, 4.69) is 24.5 Å². The van der Waals surface area contributed by atoms with Gasteiger partial charge in [0.1, 0.15) is 0 Å². The summed E-state index contributed by atoms with van der Waals surface area (Å²) in [6.07, 6.45) is 2.80. The van der Waals surface area contributed by atoms with E-state index < -0.39 is 0 Å². The Morgan fingerprint density at radius 1 is 1.23 bits per heavy atom. The van der Waals surface area contributed by atoms with Crippen LogP contribution in [0.2, 0.25) is 0 Å². The number of hydrogen-bond acceptors (Lipinski definition) is 2. The van der Waals surface area contributed by atoms with Gasteiger partial charge in [0.15, 0.2) is 0 Å². The van der Waals surface area contributed by atoms with Gasteiger partial charge in [-0.1, -0.05) is 13.8 Å². The summed E-state index contributed by atoms with van der Waals surface area (Å²) in [5.74, 6) is 2.84. The predicted octanol–water partition coefficient (Wildman–Crippen LogP) is 1.23. The molecule has 2 aliphatic rings. The first-order chi connectivity index (χ1) is 6.27. The minimum Gasteiger partial charge on any atom is -0.315 e. The van der Waals surface area contributed by atoms with E-state index in [4.69, 9.17) is 0 Å². The molecular formula is C11H22N2. The van der Waals surface area contributed by atoms with Crippen molar-refractivity contribution in [1.82, 2.24) is 10.6 Å². The Bertz CT molecular complexity index is 169. The van der Waals surface area contributed by atoms with Crippen molar-refractivity contribution in [3.63, 3.8) is 0 Å². The molecule has 4 atom stereocenters. The monoisotopic (exact) mass is 182 g/mol. The van der Waals surface area contributed by atoms with Gasteiger partial charge in [-0.15, -0.1) is 0 Å². The van der Waals surface area contributed by atoms with Crippen LogP contribution in [0.25, 0.3) is 0 Å². The van der Waals surface area contributed by atoms with Gasteiger partial charge in [-0.3, -0.25) is 0 Å². The van der Waals surface area contributed by atoms with Crippen LogP contribution in [0.5, 0.6) is 0 Å². The van der Waals surface area contributed by atoms with Crippen LogP contribution in [-0.4, -0.2) is 25.7 Å².